The van der Waals surface area contributed by atoms with Gasteiger partial charge in [-0.15, -0.1) is 11.6 Å². The maximum Gasteiger partial charge on any atom is 0.0850 e. The van der Waals surface area contributed by atoms with E-state index in [2.05, 4.69) is 5.10 Å². The summed E-state index contributed by atoms with van der Waals surface area (Å²) in [5, 5.41) is 5.35. The SMILES string of the molecule is Cc1cc(CCl)nn1-c1cccc(Cl)c1Cl. The number of hydrogen-bond donors (Lipinski definition) is 0. The van der Waals surface area contributed by atoms with Crippen LogP contribution in [0.4, 0.5) is 0 Å². The summed E-state index contributed by atoms with van der Waals surface area (Å²) < 4.78 is 1.74. The third-order valence-electron chi connectivity index (χ3n) is 2.23. The highest BCUT2D eigenvalue weighted by Crippen LogP contribution is 2.29. The molecular weight excluding hydrogens is 266 g/mol. The van der Waals surface area contributed by atoms with Crippen LogP contribution in [0.25, 0.3) is 5.69 Å². The maximum absolute atomic E-state index is 6.13. The number of alkyl halides is 1. The average molecular weight is 276 g/mol. The Hall–Kier alpha value is -0.700. The van der Waals surface area contributed by atoms with Crippen LogP contribution in [0.5, 0.6) is 0 Å². The lowest BCUT2D eigenvalue weighted by molar-refractivity contribution is 0.831. The van der Waals surface area contributed by atoms with Crippen molar-refractivity contribution < 1.29 is 0 Å². The van der Waals surface area contributed by atoms with Crippen LogP contribution < -0.4 is 0 Å². The molecule has 16 heavy (non-hydrogen) atoms. The molecule has 0 aliphatic rings. The lowest BCUT2D eigenvalue weighted by Gasteiger charge is -2.07. The minimum Gasteiger partial charge on any atom is -0.236 e. The van der Waals surface area contributed by atoms with Gasteiger partial charge in [0.25, 0.3) is 0 Å². The molecule has 2 aromatic rings. The summed E-state index contributed by atoms with van der Waals surface area (Å²) >= 11 is 17.8. The Bertz CT molecular complexity index is 520. The molecule has 0 saturated heterocycles. The van der Waals surface area contributed by atoms with E-state index in [1.54, 1.807) is 10.7 Å². The zero-order valence-corrected chi connectivity index (χ0v) is 10.8. The predicted molar refractivity (Wildman–Crippen MR) is 67.9 cm³/mol. The number of benzene rings is 1. The molecule has 0 fully saturated rings. The first-order valence-corrected chi connectivity index (χ1v) is 5.98. The third kappa shape index (κ3) is 2.05. The first-order valence-electron chi connectivity index (χ1n) is 4.69. The molecule has 1 heterocycles. The van der Waals surface area contributed by atoms with Gasteiger partial charge in [0.15, 0.2) is 0 Å². The maximum atomic E-state index is 6.13. The standard InChI is InChI=1S/C11H9Cl3N2/c1-7-5-8(6-12)15-16(7)10-4-2-3-9(13)11(10)14/h2-5H,6H2,1H3. The lowest BCUT2D eigenvalue weighted by Crippen LogP contribution is -2.00. The van der Waals surface area contributed by atoms with Crippen molar-refractivity contribution >= 4 is 34.8 Å². The van der Waals surface area contributed by atoms with Gasteiger partial charge in [0.2, 0.25) is 0 Å². The number of aryl methyl sites for hydroxylation is 1. The van der Waals surface area contributed by atoms with Crippen LogP contribution in [0.3, 0.4) is 0 Å². The van der Waals surface area contributed by atoms with Gasteiger partial charge in [0, 0.05) is 5.69 Å². The molecule has 0 saturated carbocycles. The number of nitrogens with zero attached hydrogens (tertiary/aromatic N) is 2. The Morgan fingerprint density at radius 2 is 2.06 bits per heavy atom. The van der Waals surface area contributed by atoms with Gasteiger partial charge in [-0.3, -0.25) is 0 Å². The van der Waals surface area contributed by atoms with Gasteiger partial charge in [-0.05, 0) is 25.1 Å². The van der Waals surface area contributed by atoms with E-state index in [0.29, 0.717) is 15.9 Å². The molecule has 2 rings (SSSR count). The van der Waals surface area contributed by atoms with Crippen molar-refractivity contribution in [2.45, 2.75) is 12.8 Å². The molecule has 0 unspecified atom stereocenters. The van der Waals surface area contributed by atoms with Crippen molar-refractivity contribution in [1.82, 2.24) is 9.78 Å². The van der Waals surface area contributed by atoms with Crippen LogP contribution >= 0.6 is 34.8 Å². The Kier molecular flexibility index (Phi) is 3.43. The molecule has 2 nitrogen and oxygen atoms in total. The van der Waals surface area contributed by atoms with Crippen molar-refractivity contribution in [2.75, 3.05) is 0 Å². The van der Waals surface area contributed by atoms with Gasteiger partial charge in [0.05, 0.1) is 27.3 Å². The van der Waals surface area contributed by atoms with Crippen LogP contribution in [0.2, 0.25) is 10.0 Å². The monoisotopic (exact) mass is 274 g/mol. The van der Waals surface area contributed by atoms with Gasteiger partial charge < -0.3 is 0 Å². The number of halogens is 3. The number of hydrogen-bond acceptors (Lipinski definition) is 1. The summed E-state index contributed by atoms with van der Waals surface area (Å²) in [5.74, 6) is 0.381. The van der Waals surface area contributed by atoms with Crippen LogP contribution in [-0.2, 0) is 5.88 Å². The second kappa shape index (κ2) is 4.66. The van der Waals surface area contributed by atoms with Gasteiger partial charge in [-0.25, -0.2) is 4.68 Å². The van der Waals surface area contributed by atoms with Gasteiger partial charge >= 0.3 is 0 Å². The summed E-state index contributed by atoms with van der Waals surface area (Å²) in [6, 6.07) is 7.37. The minimum atomic E-state index is 0.381. The highest BCUT2D eigenvalue weighted by atomic mass is 35.5. The van der Waals surface area contributed by atoms with Gasteiger partial charge in [-0.1, -0.05) is 29.3 Å². The van der Waals surface area contributed by atoms with E-state index in [4.69, 9.17) is 34.8 Å². The smallest absolute Gasteiger partial charge is 0.0850 e. The van der Waals surface area contributed by atoms with Crippen LogP contribution in [0.1, 0.15) is 11.4 Å². The highest BCUT2D eigenvalue weighted by molar-refractivity contribution is 6.43. The van der Waals surface area contributed by atoms with Crippen LogP contribution in [0.15, 0.2) is 24.3 Å². The molecule has 0 aliphatic heterocycles. The summed E-state index contributed by atoms with van der Waals surface area (Å²) in [6.07, 6.45) is 0. The molecule has 0 aliphatic carbocycles. The lowest BCUT2D eigenvalue weighted by atomic mass is 10.3. The van der Waals surface area contributed by atoms with E-state index in [-0.39, 0.29) is 0 Å². The average Bonchev–Trinajstić information content (AvgIpc) is 2.64. The molecular formula is C11H9Cl3N2. The molecule has 1 aromatic heterocycles. The molecule has 0 atom stereocenters. The molecule has 0 radical (unpaired) electrons. The third-order valence-corrected chi connectivity index (χ3v) is 3.32. The normalized spacial score (nSPS) is 10.8. The quantitative estimate of drug-likeness (QED) is 0.750. The first-order chi connectivity index (χ1) is 7.63. The fourth-order valence-electron chi connectivity index (χ4n) is 1.50. The van der Waals surface area contributed by atoms with E-state index in [9.17, 15) is 0 Å². The topological polar surface area (TPSA) is 17.8 Å². The second-order valence-electron chi connectivity index (χ2n) is 3.40. The Morgan fingerprint density at radius 3 is 2.69 bits per heavy atom. The summed E-state index contributed by atoms with van der Waals surface area (Å²) in [5.41, 5.74) is 2.55. The highest BCUT2D eigenvalue weighted by Gasteiger charge is 2.10. The Balaban J connectivity index is 2.58. The Labute approximate surface area is 109 Å². The van der Waals surface area contributed by atoms with Crippen molar-refractivity contribution in [2.24, 2.45) is 0 Å². The van der Waals surface area contributed by atoms with Crippen molar-refractivity contribution in [3.05, 3.63) is 45.7 Å². The fraction of sp³-hybridized carbons (Fsp3) is 0.182. The Morgan fingerprint density at radius 1 is 1.31 bits per heavy atom. The van der Waals surface area contributed by atoms with Crippen LogP contribution in [-0.4, -0.2) is 9.78 Å². The molecule has 1 aromatic carbocycles. The van der Waals surface area contributed by atoms with E-state index in [1.807, 2.05) is 25.1 Å². The van der Waals surface area contributed by atoms with Crippen molar-refractivity contribution in [3.63, 3.8) is 0 Å². The summed E-state index contributed by atoms with van der Waals surface area (Å²) in [6.45, 7) is 1.94. The van der Waals surface area contributed by atoms with Gasteiger partial charge in [-0.2, -0.15) is 5.10 Å². The summed E-state index contributed by atoms with van der Waals surface area (Å²) in [4.78, 5) is 0. The molecule has 0 N–H and O–H groups in total. The zero-order valence-electron chi connectivity index (χ0n) is 8.54. The molecule has 5 heteroatoms. The fourth-order valence-corrected chi connectivity index (χ4v) is 2.01. The van der Waals surface area contributed by atoms with Crippen molar-refractivity contribution in [1.29, 1.82) is 0 Å². The first kappa shape index (κ1) is 11.8. The number of rotatable bonds is 2. The molecule has 0 amide bonds. The van der Waals surface area contributed by atoms with E-state index in [1.165, 1.54) is 0 Å². The van der Waals surface area contributed by atoms with E-state index in [0.717, 1.165) is 17.1 Å². The molecule has 0 bridgehead atoms. The van der Waals surface area contributed by atoms with Gasteiger partial charge in [0.1, 0.15) is 0 Å². The largest absolute Gasteiger partial charge is 0.236 e. The summed E-state index contributed by atoms with van der Waals surface area (Å²) in [7, 11) is 0. The minimum absolute atomic E-state index is 0.381. The van der Waals surface area contributed by atoms with E-state index >= 15 is 0 Å². The predicted octanol–water partition coefficient (Wildman–Crippen LogP) is 4.23. The number of aromatic nitrogens is 2. The molecule has 84 valence electrons. The van der Waals surface area contributed by atoms with Crippen LogP contribution in [0, 0.1) is 6.92 Å². The zero-order chi connectivity index (χ0) is 11.7. The molecule has 0 spiro atoms. The van der Waals surface area contributed by atoms with Crippen molar-refractivity contribution in [3.8, 4) is 5.69 Å². The second-order valence-corrected chi connectivity index (χ2v) is 4.45. The van der Waals surface area contributed by atoms with E-state index < -0.39 is 0 Å².